The Labute approximate surface area is 119 Å². The van der Waals surface area contributed by atoms with E-state index in [1.807, 2.05) is 0 Å². The summed E-state index contributed by atoms with van der Waals surface area (Å²) < 4.78 is 0. The van der Waals surface area contributed by atoms with Gasteiger partial charge in [-0.15, -0.1) is 0 Å². The fourth-order valence-electron chi connectivity index (χ4n) is 2.53. The second-order valence-corrected chi connectivity index (χ2v) is 5.75. The third kappa shape index (κ3) is 8.07. The van der Waals surface area contributed by atoms with Crippen LogP contribution in [0.3, 0.4) is 0 Å². The van der Waals surface area contributed by atoms with Gasteiger partial charge in [-0.25, -0.2) is 9.97 Å². The zero-order valence-corrected chi connectivity index (χ0v) is 13.1. The molecule has 2 heteroatoms. The largest absolute Gasteiger partial charge is 0.252 e. The first kappa shape index (κ1) is 16.3. The van der Waals surface area contributed by atoms with Crippen LogP contribution in [-0.4, -0.2) is 4.98 Å². The Hall–Kier alpha value is -0.790. The lowest BCUT2D eigenvalue weighted by Crippen LogP contribution is -2.05. The van der Waals surface area contributed by atoms with Gasteiger partial charge in [0.15, 0.2) is 0 Å². The number of aromatic amines is 2. The van der Waals surface area contributed by atoms with E-state index in [2.05, 4.69) is 30.0 Å². The van der Waals surface area contributed by atoms with E-state index >= 15 is 0 Å². The maximum absolute atomic E-state index is 3.54. The summed E-state index contributed by atoms with van der Waals surface area (Å²) >= 11 is 0. The van der Waals surface area contributed by atoms with Crippen molar-refractivity contribution in [1.29, 1.82) is 0 Å². The highest BCUT2D eigenvalue weighted by molar-refractivity contribution is 4.94. The Morgan fingerprint density at radius 2 is 1.37 bits per heavy atom. The zero-order chi connectivity index (χ0) is 13.8. The number of rotatable bonds is 12. The molecule has 0 saturated carbocycles. The highest BCUT2D eigenvalue weighted by Gasteiger charge is 2.07. The molecular weight excluding hydrogens is 232 g/mol. The lowest BCUT2D eigenvalue weighted by molar-refractivity contribution is -0.388. The first-order chi connectivity index (χ1) is 9.36. The minimum Gasteiger partial charge on any atom is -0.247 e. The summed E-state index contributed by atoms with van der Waals surface area (Å²) in [4.78, 5) is 6.93. The molecule has 0 amide bonds. The summed E-state index contributed by atoms with van der Waals surface area (Å²) in [6.07, 6.45) is 18.2. The van der Waals surface area contributed by atoms with Crippen LogP contribution in [0, 0.1) is 0 Å². The van der Waals surface area contributed by atoms with Gasteiger partial charge in [0, 0.05) is 12.8 Å². The first-order valence-electron chi connectivity index (χ1n) is 8.45. The molecule has 110 valence electrons. The van der Waals surface area contributed by atoms with Crippen molar-refractivity contribution in [1.82, 2.24) is 4.98 Å². The highest BCUT2D eigenvalue weighted by Crippen LogP contribution is 2.08. The van der Waals surface area contributed by atoms with E-state index in [-0.39, 0.29) is 0 Å². The molecule has 0 fully saturated rings. The van der Waals surface area contributed by atoms with Gasteiger partial charge in [0.2, 0.25) is 0 Å². The van der Waals surface area contributed by atoms with Crippen LogP contribution in [0.5, 0.6) is 0 Å². The quantitative estimate of drug-likeness (QED) is 0.523. The van der Waals surface area contributed by atoms with Crippen LogP contribution < -0.4 is 4.98 Å². The van der Waals surface area contributed by atoms with Crippen molar-refractivity contribution in [2.75, 3.05) is 0 Å². The summed E-state index contributed by atoms with van der Waals surface area (Å²) in [6.45, 7) is 4.54. The Kier molecular flexibility index (Phi) is 9.48. The van der Waals surface area contributed by atoms with Crippen LogP contribution in [0.25, 0.3) is 0 Å². The van der Waals surface area contributed by atoms with E-state index in [4.69, 9.17) is 0 Å². The van der Waals surface area contributed by atoms with Crippen LogP contribution >= 0.6 is 0 Å². The van der Waals surface area contributed by atoms with Crippen LogP contribution in [-0.2, 0) is 12.8 Å². The predicted octanol–water partition coefficient (Wildman–Crippen LogP) is 4.85. The first-order valence-corrected chi connectivity index (χ1v) is 8.45. The standard InChI is InChI=1S/C17H32N2/c1-3-5-7-9-10-12-14-17-18-15-16(19-17)13-11-8-6-4-2/h15H,3-14H2,1-2H3,(H,18,19)/p+1. The maximum atomic E-state index is 3.54. The van der Waals surface area contributed by atoms with E-state index in [1.54, 1.807) is 0 Å². The fourth-order valence-corrected chi connectivity index (χ4v) is 2.53. The van der Waals surface area contributed by atoms with Crippen LogP contribution in [0.4, 0.5) is 0 Å². The monoisotopic (exact) mass is 265 g/mol. The summed E-state index contributed by atoms with van der Waals surface area (Å²) in [6, 6.07) is 0. The second-order valence-electron chi connectivity index (χ2n) is 5.75. The van der Waals surface area contributed by atoms with E-state index in [0.717, 1.165) is 0 Å². The summed E-state index contributed by atoms with van der Waals surface area (Å²) in [7, 11) is 0. The molecular formula is C17H33N2+. The van der Waals surface area contributed by atoms with Crippen molar-refractivity contribution >= 4 is 0 Å². The minimum absolute atomic E-state index is 1.18. The van der Waals surface area contributed by atoms with Gasteiger partial charge in [-0.3, -0.25) is 0 Å². The van der Waals surface area contributed by atoms with Gasteiger partial charge < -0.3 is 0 Å². The fraction of sp³-hybridized carbons (Fsp3) is 0.824. The van der Waals surface area contributed by atoms with Gasteiger partial charge in [-0.2, -0.15) is 0 Å². The third-order valence-corrected chi connectivity index (χ3v) is 3.81. The molecule has 1 heterocycles. The van der Waals surface area contributed by atoms with Crippen molar-refractivity contribution in [3.63, 3.8) is 0 Å². The average molecular weight is 265 g/mol. The molecule has 19 heavy (non-hydrogen) atoms. The topological polar surface area (TPSA) is 29.9 Å². The summed E-state index contributed by atoms with van der Waals surface area (Å²) in [5.74, 6) is 1.32. The Balaban J connectivity index is 2.06. The highest BCUT2D eigenvalue weighted by atomic mass is 14.9. The number of hydrogen-bond acceptors (Lipinski definition) is 0. The van der Waals surface area contributed by atoms with Gasteiger partial charge in [0.05, 0.1) is 0 Å². The molecule has 0 aliphatic rings. The second kappa shape index (κ2) is 11.1. The number of H-pyrrole nitrogens is 2. The molecule has 0 bridgehead atoms. The Bertz CT molecular complexity index is 304. The molecule has 1 rings (SSSR count). The van der Waals surface area contributed by atoms with E-state index in [1.165, 1.54) is 88.6 Å². The number of imidazole rings is 1. The van der Waals surface area contributed by atoms with E-state index in [9.17, 15) is 0 Å². The molecule has 0 radical (unpaired) electrons. The van der Waals surface area contributed by atoms with Crippen molar-refractivity contribution < 1.29 is 4.98 Å². The van der Waals surface area contributed by atoms with Crippen molar-refractivity contribution in [2.45, 2.75) is 90.9 Å². The van der Waals surface area contributed by atoms with E-state index in [0.29, 0.717) is 0 Å². The number of nitrogens with one attached hydrogen (secondary N) is 2. The smallest absolute Gasteiger partial charge is 0.247 e. The van der Waals surface area contributed by atoms with Gasteiger partial charge in [-0.1, -0.05) is 65.2 Å². The SMILES string of the molecule is CCCCCCCCc1[nH]c(CCCCCC)c[nH+]1. The molecule has 0 aromatic carbocycles. The van der Waals surface area contributed by atoms with E-state index < -0.39 is 0 Å². The molecule has 0 atom stereocenters. The van der Waals surface area contributed by atoms with Crippen molar-refractivity contribution in [2.24, 2.45) is 0 Å². The lowest BCUT2D eigenvalue weighted by atomic mass is 10.1. The number of aromatic nitrogens is 2. The summed E-state index contributed by atoms with van der Waals surface area (Å²) in [5, 5.41) is 0. The number of hydrogen-bond donors (Lipinski definition) is 1. The third-order valence-electron chi connectivity index (χ3n) is 3.81. The zero-order valence-electron chi connectivity index (χ0n) is 13.1. The summed E-state index contributed by atoms with van der Waals surface area (Å²) in [5.41, 5.74) is 1.39. The molecule has 0 aliphatic heterocycles. The van der Waals surface area contributed by atoms with Crippen molar-refractivity contribution in [3.8, 4) is 0 Å². The van der Waals surface area contributed by atoms with Gasteiger partial charge in [-0.05, 0) is 12.8 Å². The average Bonchev–Trinajstić information content (AvgIpc) is 2.87. The molecule has 1 aromatic heterocycles. The van der Waals surface area contributed by atoms with Crippen LogP contribution in [0.15, 0.2) is 6.20 Å². The minimum atomic E-state index is 1.18. The van der Waals surface area contributed by atoms with Gasteiger partial charge in [0.1, 0.15) is 11.9 Å². The molecule has 0 aliphatic carbocycles. The maximum Gasteiger partial charge on any atom is 0.252 e. The molecule has 0 unspecified atom stereocenters. The van der Waals surface area contributed by atoms with Gasteiger partial charge in [0.25, 0.3) is 5.82 Å². The normalized spacial score (nSPS) is 11.1. The molecule has 2 N–H and O–H groups in total. The molecule has 0 spiro atoms. The molecule has 2 nitrogen and oxygen atoms in total. The lowest BCUT2D eigenvalue weighted by Gasteiger charge is -1.97. The predicted molar refractivity (Wildman–Crippen MR) is 82.3 cm³/mol. The van der Waals surface area contributed by atoms with Crippen molar-refractivity contribution in [3.05, 3.63) is 17.7 Å². The van der Waals surface area contributed by atoms with Crippen LogP contribution in [0.1, 0.15) is 89.6 Å². The number of aryl methyl sites for hydroxylation is 2. The van der Waals surface area contributed by atoms with Crippen LogP contribution in [0.2, 0.25) is 0 Å². The molecule has 0 saturated heterocycles. The van der Waals surface area contributed by atoms with Gasteiger partial charge >= 0.3 is 0 Å². The molecule has 1 aromatic rings. The number of unbranched alkanes of at least 4 members (excludes halogenated alkanes) is 8. The Morgan fingerprint density at radius 3 is 2.11 bits per heavy atom. The Morgan fingerprint density at radius 1 is 0.789 bits per heavy atom.